The van der Waals surface area contributed by atoms with E-state index < -0.39 is 0 Å². The summed E-state index contributed by atoms with van der Waals surface area (Å²) in [6.07, 6.45) is 0. The summed E-state index contributed by atoms with van der Waals surface area (Å²) in [6, 6.07) is 18.6. The molecule has 0 atom stereocenters. The Hall–Kier alpha value is -2.46. The highest BCUT2D eigenvalue weighted by atomic mass is 32.1. The second kappa shape index (κ2) is 6.75. The van der Waals surface area contributed by atoms with E-state index in [1.165, 1.54) is 10.4 Å². The molecule has 3 nitrogen and oxygen atoms in total. The van der Waals surface area contributed by atoms with Gasteiger partial charge in [-0.1, -0.05) is 60.2 Å². The highest BCUT2D eigenvalue weighted by Crippen LogP contribution is 2.30. The summed E-state index contributed by atoms with van der Waals surface area (Å²) in [7, 11) is 0. The molecule has 0 radical (unpaired) electrons. The predicted octanol–water partition coefficient (Wildman–Crippen LogP) is 5.26. The average Bonchev–Trinajstić information content (AvgIpc) is 2.95. The van der Waals surface area contributed by atoms with Crippen molar-refractivity contribution >= 4 is 22.2 Å². The third-order valence-electron chi connectivity index (χ3n) is 3.63. The van der Waals surface area contributed by atoms with Crippen molar-refractivity contribution < 1.29 is 0 Å². The van der Waals surface area contributed by atoms with Crippen LogP contribution in [-0.4, -0.2) is 10.7 Å². The Labute approximate surface area is 140 Å². The topological polar surface area (TPSA) is 37.3 Å². The Kier molecular flexibility index (Phi) is 4.53. The second-order valence-corrected chi connectivity index (χ2v) is 6.67. The maximum absolute atomic E-state index is 4.66. The molecule has 0 saturated heterocycles. The molecule has 0 aliphatic carbocycles. The molecule has 0 aliphatic rings. The fourth-order valence-electron chi connectivity index (χ4n) is 2.30. The van der Waals surface area contributed by atoms with Gasteiger partial charge < -0.3 is 0 Å². The van der Waals surface area contributed by atoms with Crippen molar-refractivity contribution in [1.29, 1.82) is 0 Å². The first-order chi connectivity index (χ1) is 11.1. The summed E-state index contributed by atoms with van der Waals surface area (Å²) in [4.78, 5) is 5.84. The SMILES string of the molecule is C/C(=N\Nc1nc(-c2ccccc2)c(C)s1)c1ccc(C)cc1. The Morgan fingerprint density at radius 3 is 2.39 bits per heavy atom. The monoisotopic (exact) mass is 321 g/mol. The van der Waals surface area contributed by atoms with Crippen LogP contribution in [0.15, 0.2) is 59.7 Å². The summed E-state index contributed by atoms with van der Waals surface area (Å²) in [5.41, 5.74) is 8.53. The van der Waals surface area contributed by atoms with Crippen molar-refractivity contribution in [2.75, 3.05) is 5.43 Å². The third-order valence-corrected chi connectivity index (χ3v) is 4.51. The molecule has 0 aliphatic heterocycles. The fourth-order valence-corrected chi connectivity index (χ4v) is 3.08. The zero-order chi connectivity index (χ0) is 16.2. The normalized spacial score (nSPS) is 11.5. The maximum Gasteiger partial charge on any atom is 0.204 e. The van der Waals surface area contributed by atoms with Crippen LogP contribution in [0, 0.1) is 13.8 Å². The van der Waals surface area contributed by atoms with E-state index in [9.17, 15) is 0 Å². The third kappa shape index (κ3) is 3.66. The van der Waals surface area contributed by atoms with Crippen LogP contribution in [0.3, 0.4) is 0 Å². The molecule has 0 fully saturated rings. The van der Waals surface area contributed by atoms with Gasteiger partial charge in [0.25, 0.3) is 0 Å². The molecule has 0 bridgehead atoms. The van der Waals surface area contributed by atoms with E-state index in [4.69, 9.17) is 0 Å². The van der Waals surface area contributed by atoms with Crippen LogP contribution in [0.4, 0.5) is 5.13 Å². The van der Waals surface area contributed by atoms with E-state index in [2.05, 4.69) is 65.8 Å². The Morgan fingerprint density at radius 1 is 1.00 bits per heavy atom. The zero-order valence-electron chi connectivity index (χ0n) is 13.5. The number of aryl methyl sites for hydroxylation is 2. The standard InChI is InChI=1S/C19H19N3S/c1-13-9-11-16(12-10-13)14(2)21-22-19-20-18(15(3)23-19)17-7-5-4-6-8-17/h4-12H,1-3H3,(H,20,22)/b21-14+. The van der Waals surface area contributed by atoms with Crippen molar-refractivity contribution in [3.8, 4) is 11.3 Å². The number of nitrogens with one attached hydrogen (secondary N) is 1. The van der Waals surface area contributed by atoms with E-state index in [1.807, 2.05) is 25.1 Å². The van der Waals surface area contributed by atoms with E-state index in [1.54, 1.807) is 11.3 Å². The van der Waals surface area contributed by atoms with Crippen LogP contribution in [0.1, 0.15) is 22.9 Å². The summed E-state index contributed by atoms with van der Waals surface area (Å²) in [6.45, 7) is 6.16. The Balaban J connectivity index is 1.79. The van der Waals surface area contributed by atoms with Gasteiger partial charge in [0, 0.05) is 10.4 Å². The molecule has 23 heavy (non-hydrogen) atoms. The van der Waals surface area contributed by atoms with Crippen molar-refractivity contribution in [3.05, 3.63) is 70.6 Å². The minimum Gasteiger partial charge on any atom is -0.252 e. The van der Waals surface area contributed by atoms with Gasteiger partial charge >= 0.3 is 0 Å². The molecule has 0 spiro atoms. The molecule has 0 saturated carbocycles. The van der Waals surface area contributed by atoms with Gasteiger partial charge in [0.1, 0.15) is 0 Å². The van der Waals surface area contributed by atoms with E-state index in [0.29, 0.717) is 0 Å². The molecule has 0 unspecified atom stereocenters. The number of nitrogens with zero attached hydrogens (tertiary/aromatic N) is 2. The van der Waals surface area contributed by atoms with Gasteiger partial charge in [-0.2, -0.15) is 5.10 Å². The van der Waals surface area contributed by atoms with Crippen LogP contribution in [0.5, 0.6) is 0 Å². The number of thiazole rings is 1. The minimum absolute atomic E-state index is 0.813. The number of aromatic nitrogens is 1. The van der Waals surface area contributed by atoms with Gasteiger partial charge in [0.05, 0.1) is 11.4 Å². The van der Waals surface area contributed by atoms with Crippen molar-refractivity contribution in [2.45, 2.75) is 20.8 Å². The fraction of sp³-hybridized carbons (Fsp3) is 0.158. The molecule has 1 aromatic heterocycles. The Morgan fingerprint density at radius 2 is 1.70 bits per heavy atom. The highest BCUT2D eigenvalue weighted by molar-refractivity contribution is 7.15. The molecule has 3 aromatic rings. The predicted molar refractivity (Wildman–Crippen MR) is 99.3 cm³/mol. The zero-order valence-corrected chi connectivity index (χ0v) is 14.3. The molecule has 1 heterocycles. The summed E-state index contributed by atoms with van der Waals surface area (Å²) in [5.74, 6) is 0. The maximum atomic E-state index is 4.66. The van der Waals surface area contributed by atoms with Gasteiger partial charge in [-0.25, -0.2) is 4.98 Å². The van der Waals surface area contributed by atoms with Crippen LogP contribution in [0.25, 0.3) is 11.3 Å². The number of rotatable bonds is 4. The largest absolute Gasteiger partial charge is 0.252 e. The van der Waals surface area contributed by atoms with E-state index in [-0.39, 0.29) is 0 Å². The van der Waals surface area contributed by atoms with Crippen molar-refractivity contribution in [3.63, 3.8) is 0 Å². The van der Waals surface area contributed by atoms with Gasteiger partial charge in [0.2, 0.25) is 5.13 Å². The highest BCUT2D eigenvalue weighted by Gasteiger charge is 2.09. The van der Waals surface area contributed by atoms with E-state index >= 15 is 0 Å². The molecule has 4 heteroatoms. The van der Waals surface area contributed by atoms with Crippen LogP contribution in [-0.2, 0) is 0 Å². The minimum atomic E-state index is 0.813. The van der Waals surface area contributed by atoms with Gasteiger partial charge in [-0.15, -0.1) is 11.3 Å². The Bertz CT molecular complexity index is 818. The average molecular weight is 321 g/mol. The van der Waals surface area contributed by atoms with Gasteiger partial charge in [-0.3, -0.25) is 5.43 Å². The van der Waals surface area contributed by atoms with E-state index in [0.717, 1.165) is 27.7 Å². The first kappa shape index (κ1) is 15.4. The number of anilines is 1. The number of hydrogen-bond donors (Lipinski definition) is 1. The lowest BCUT2D eigenvalue weighted by Crippen LogP contribution is -1.99. The lowest BCUT2D eigenvalue weighted by Gasteiger charge is -2.02. The molecule has 0 amide bonds. The summed E-state index contributed by atoms with van der Waals surface area (Å²) >= 11 is 1.62. The lowest BCUT2D eigenvalue weighted by molar-refractivity contribution is 1.26. The van der Waals surface area contributed by atoms with Crippen molar-refractivity contribution in [1.82, 2.24) is 4.98 Å². The number of hydrazone groups is 1. The second-order valence-electron chi connectivity index (χ2n) is 5.46. The van der Waals surface area contributed by atoms with Crippen molar-refractivity contribution in [2.24, 2.45) is 5.10 Å². The van der Waals surface area contributed by atoms with Gasteiger partial charge in [0.15, 0.2) is 0 Å². The quantitative estimate of drug-likeness (QED) is 0.525. The molecule has 3 rings (SSSR count). The van der Waals surface area contributed by atoms with Crippen LogP contribution >= 0.6 is 11.3 Å². The smallest absolute Gasteiger partial charge is 0.204 e. The first-order valence-corrected chi connectivity index (χ1v) is 8.35. The number of benzene rings is 2. The van der Waals surface area contributed by atoms with Crippen LogP contribution < -0.4 is 5.43 Å². The molecular weight excluding hydrogens is 302 g/mol. The van der Waals surface area contributed by atoms with Gasteiger partial charge in [-0.05, 0) is 26.3 Å². The lowest BCUT2D eigenvalue weighted by atomic mass is 10.1. The molecule has 1 N–H and O–H groups in total. The molecular formula is C19H19N3S. The van der Waals surface area contributed by atoms with Crippen LogP contribution in [0.2, 0.25) is 0 Å². The molecule has 2 aromatic carbocycles. The number of hydrogen-bond acceptors (Lipinski definition) is 4. The summed E-state index contributed by atoms with van der Waals surface area (Å²) < 4.78 is 0. The first-order valence-electron chi connectivity index (χ1n) is 7.53. The molecule has 116 valence electrons. The summed E-state index contributed by atoms with van der Waals surface area (Å²) in [5, 5.41) is 5.27.